The van der Waals surface area contributed by atoms with E-state index in [-0.39, 0.29) is 12.0 Å². The maximum atomic E-state index is 10.1. The van der Waals surface area contributed by atoms with Crippen molar-refractivity contribution >= 4 is 0 Å². The van der Waals surface area contributed by atoms with Crippen LogP contribution in [0.4, 0.5) is 0 Å². The number of methoxy groups -OCH3 is 1. The van der Waals surface area contributed by atoms with Crippen LogP contribution in [0.1, 0.15) is 30.0 Å². The topological polar surface area (TPSA) is 29.5 Å². The Kier molecular flexibility index (Phi) is 5.66. The monoisotopic (exact) mass is 236 g/mol. The Labute approximate surface area is 105 Å². The lowest BCUT2D eigenvalue weighted by Crippen LogP contribution is -2.21. The van der Waals surface area contributed by atoms with Gasteiger partial charge in [0.15, 0.2) is 0 Å². The molecule has 2 unspecified atom stereocenters. The minimum absolute atomic E-state index is 0.274. The average Bonchev–Trinajstić information content (AvgIpc) is 2.24. The lowest BCUT2D eigenvalue weighted by atomic mass is 9.94. The van der Waals surface area contributed by atoms with E-state index in [9.17, 15) is 5.11 Å². The molecule has 1 N–H and O–H groups in total. The number of ether oxygens (including phenoxy) is 1. The van der Waals surface area contributed by atoms with Crippen LogP contribution < -0.4 is 0 Å². The van der Waals surface area contributed by atoms with Crippen LogP contribution in [-0.4, -0.2) is 24.9 Å². The van der Waals surface area contributed by atoms with Crippen LogP contribution in [0.2, 0.25) is 0 Å². The molecule has 0 radical (unpaired) electrons. The fourth-order valence-electron chi connectivity index (χ4n) is 2.13. The maximum Gasteiger partial charge on any atom is 0.0606 e. The Morgan fingerprint density at radius 1 is 1.18 bits per heavy atom. The molecule has 0 bridgehead atoms. The van der Waals surface area contributed by atoms with Crippen LogP contribution >= 0.6 is 0 Å². The van der Waals surface area contributed by atoms with Gasteiger partial charge in [0.1, 0.15) is 0 Å². The van der Waals surface area contributed by atoms with Crippen molar-refractivity contribution < 1.29 is 9.84 Å². The summed E-state index contributed by atoms with van der Waals surface area (Å²) in [6.45, 7) is 6.98. The van der Waals surface area contributed by atoms with Crippen LogP contribution in [0.5, 0.6) is 0 Å². The summed E-state index contributed by atoms with van der Waals surface area (Å²) in [6, 6.07) is 6.46. The second-order valence-electron chi connectivity index (χ2n) is 5.03. The molecule has 2 atom stereocenters. The van der Waals surface area contributed by atoms with E-state index >= 15 is 0 Å². The first-order valence-electron chi connectivity index (χ1n) is 6.27. The molecule has 0 fully saturated rings. The van der Waals surface area contributed by atoms with Crippen LogP contribution in [0.15, 0.2) is 18.2 Å². The fraction of sp³-hybridized carbons (Fsp3) is 0.600. The largest absolute Gasteiger partial charge is 0.393 e. The van der Waals surface area contributed by atoms with Gasteiger partial charge >= 0.3 is 0 Å². The van der Waals surface area contributed by atoms with E-state index in [4.69, 9.17) is 4.74 Å². The van der Waals surface area contributed by atoms with E-state index in [0.717, 1.165) is 12.8 Å². The zero-order chi connectivity index (χ0) is 12.8. The van der Waals surface area contributed by atoms with Gasteiger partial charge in [-0.2, -0.15) is 0 Å². The van der Waals surface area contributed by atoms with Gasteiger partial charge in [-0.05, 0) is 38.2 Å². The van der Waals surface area contributed by atoms with Crippen molar-refractivity contribution in [1.82, 2.24) is 0 Å². The zero-order valence-electron chi connectivity index (χ0n) is 11.4. The highest BCUT2D eigenvalue weighted by Crippen LogP contribution is 2.16. The van der Waals surface area contributed by atoms with Crippen LogP contribution in [0.25, 0.3) is 0 Å². The number of aliphatic hydroxyl groups excluding tert-OH is 1. The fourth-order valence-corrected chi connectivity index (χ4v) is 2.13. The number of hydrogen-bond donors (Lipinski definition) is 1. The third-order valence-corrected chi connectivity index (χ3v) is 3.16. The normalized spacial score (nSPS) is 14.6. The molecule has 2 heteroatoms. The molecule has 1 aromatic carbocycles. The van der Waals surface area contributed by atoms with Crippen molar-refractivity contribution in [2.75, 3.05) is 13.7 Å². The Morgan fingerprint density at radius 2 is 1.76 bits per heavy atom. The van der Waals surface area contributed by atoms with Crippen LogP contribution in [0.3, 0.4) is 0 Å². The first-order valence-corrected chi connectivity index (χ1v) is 6.27. The quantitative estimate of drug-likeness (QED) is 0.823. The molecule has 17 heavy (non-hydrogen) atoms. The third kappa shape index (κ3) is 4.88. The van der Waals surface area contributed by atoms with Crippen molar-refractivity contribution in [3.05, 3.63) is 34.9 Å². The molecule has 96 valence electrons. The van der Waals surface area contributed by atoms with E-state index in [2.05, 4.69) is 39.0 Å². The first kappa shape index (κ1) is 14.2. The van der Waals surface area contributed by atoms with Crippen LogP contribution in [-0.2, 0) is 11.2 Å². The van der Waals surface area contributed by atoms with Gasteiger partial charge in [0.25, 0.3) is 0 Å². The number of hydrogen-bond acceptors (Lipinski definition) is 2. The molecule has 0 spiro atoms. The van der Waals surface area contributed by atoms with Gasteiger partial charge in [-0.3, -0.25) is 0 Å². The first-order chi connectivity index (χ1) is 8.02. The minimum atomic E-state index is -0.286. The van der Waals surface area contributed by atoms with Crippen LogP contribution in [0, 0.1) is 19.8 Å². The van der Waals surface area contributed by atoms with Gasteiger partial charge < -0.3 is 9.84 Å². The lowest BCUT2D eigenvalue weighted by molar-refractivity contribution is 0.0887. The van der Waals surface area contributed by atoms with Gasteiger partial charge in [-0.25, -0.2) is 0 Å². The summed E-state index contributed by atoms with van der Waals surface area (Å²) in [4.78, 5) is 0. The molecule has 0 aromatic heterocycles. The molecule has 0 saturated carbocycles. The molecule has 0 aliphatic heterocycles. The summed E-state index contributed by atoms with van der Waals surface area (Å²) in [5.74, 6) is 0.274. The summed E-state index contributed by atoms with van der Waals surface area (Å²) in [6.07, 6.45) is 1.35. The Hall–Kier alpha value is -0.860. The second-order valence-corrected chi connectivity index (χ2v) is 5.03. The van der Waals surface area contributed by atoms with Gasteiger partial charge in [0.05, 0.1) is 6.10 Å². The molecule has 0 aliphatic carbocycles. The Morgan fingerprint density at radius 3 is 2.29 bits per heavy atom. The van der Waals surface area contributed by atoms with Crippen molar-refractivity contribution in [3.63, 3.8) is 0 Å². The minimum Gasteiger partial charge on any atom is -0.393 e. The molecular weight excluding hydrogens is 212 g/mol. The molecule has 1 aromatic rings. The molecule has 1 rings (SSSR count). The third-order valence-electron chi connectivity index (χ3n) is 3.16. The van der Waals surface area contributed by atoms with Crippen molar-refractivity contribution in [2.24, 2.45) is 5.92 Å². The number of benzene rings is 1. The van der Waals surface area contributed by atoms with Gasteiger partial charge in [0.2, 0.25) is 0 Å². The number of aliphatic hydroxyl groups is 1. The Balaban J connectivity index is 2.57. The number of rotatable bonds is 6. The second kappa shape index (κ2) is 6.77. The average molecular weight is 236 g/mol. The van der Waals surface area contributed by atoms with E-state index in [1.165, 1.54) is 16.7 Å². The number of aryl methyl sites for hydroxylation is 2. The molecule has 0 heterocycles. The zero-order valence-corrected chi connectivity index (χ0v) is 11.4. The van der Waals surface area contributed by atoms with Crippen molar-refractivity contribution in [1.29, 1.82) is 0 Å². The summed E-state index contributed by atoms with van der Waals surface area (Å²) in [5, 5.41) is 10.1. The predicted molar refractivity (Wildman–Crippen MR) is 71.3 cm³/mol. The van der Waals surface area contributed by atoms with Crippen molar-refractivity contribution in [2.45, 2.75) is 39.7 Å². The van der Waals surface area contributed by atoms with E-state index in [1.807, 2.05) is 0 Å². The maximum absolute atomic E-state index is 10.1. The summed E-state index contributed by atoms with van der Waals surface area (Å²) >= 11 is 0. The van der Waals surface area contributed by atoms with Crippen molar-refractivity contribution in [3.8, 4) is 0 Å². The summed E-state index contributed by atoms with van der Waals surface area (Å²) in [7, 11) is 1.70. The van der Waals surface area contributed by atoms with E-state index in [1.54, 1.807) is 7.11 Å². The predicted octanol–water partition coefficient (Wildman–Crippen LogP) is 2.88. The molecule has 2 nitrogen and oxygen atoms in total. The molecule has 0 aliphatic rings. The Bertz CT molecular complexity index is 327. The standard InChI is InChI=1S/C15H24O2/c1-11-7-12(2)9-14(8-11)10-15(16)13(3)5-6-17-4/h7-9,13,15-16H,5-6,10H2,1-4H3. The van der Waals surface area contributed by atoms with E-state index < -0.39 is 0 Å². The molecule has 0 saturated heterocycles. The smallest absolute Gasteiger partial charge is 0.0606 e. The molecular formula is C15H24O2. The highest BCUT2D eigenvalue weighted by molar-refractivity contribution is 5.28. The van der Waals surface area contributed by atoms with Gasteiger partial charge in [-0.15, -0.1) is 0 Å². The lowest BCUT2D eigenvalue weighted by Gasteiger charge is -2.19. The summed E-state index contributed by atoms with van der Waals surface area (Å²) < 4.78 is 5.04. The van der Waals surface area contributed by atoms with Gasteiger partial charge in [0, 0.05) is 13.7 Å². The van der Waals surface area contributed by atoms with Gasteiger partial charge in [-0.1, -0.05) is 36.2 Å². The highest BCUT2D eigenvalue weighted by atomic mass is 16.5. The summed E-state index contributed by atoms with van der Waals surface area (Å²) in [5.41, 5.74) is 3.74. The van der Waals surface area contributed by atoms with E-state index in [0.29, 0.717) is 6.61 Å². The molecule has 0 amide bonds. The highest BCUT2D eigenvalue weighted by Gasteiger charge is 2.14. The SMILES string of the molecule is COCCC(C)C(O)Cc1cc(C)cc(C)c1.